The minimum absolute atomic E-state index is 0.172. The van der Waals surface area contributed by atoms with E-state index in [2.05, 4.69) is 38.1 Å². The molecule has 1 unspecified atom stereocenters. The Morgan fingerprint density at radius 1 is 0.733 bits per heavy atom. The molecular formula is C27H39FO2. The Kier molecular flexibility index (Phi) is 10.5. The molecule has 0 heterocycles. The maximum Gasteiger partial charge on any atom is 0.172 e. The molecule has 2 nitrogen and oxygen atoms in total. The molecule has 0 bridgehead atoms. The van der Waals surface area contributed by atoms with Gasteiger partial charge in [0.1, 0.15) is 5.82 Å². The molecule has 0 spiro atoms. The van der Waals surface area contributed by atoms with Crippen molar-refractivity contribution in [1.29, 1.82) is 0 Å². The predicted molar refractivity (Wildman–Crippen MR) is 124 cm³/mol. The van der Waals surface area contributed by atoms with Crippen LogP contribution in [0.5, 0.6) is 0 Å². The molecular weight excluding hydrogens is 375 g/mol. The fourth-order valence-electron chi connectivity index (χ4n) is 4.23. The van der Waals surface area contributed by atoms with Gasteiger partial charge in [0.15, 0.2) is 5.79 Å². The number of halogens is 1. The SMILES string of the molecule is CCCCCCCCC(c1ccc(-c2ccc(F)cc2)cc1)C(C)(OCC)OCC. The highest BCUT2D eigenvalue weighted by Crippen LogP contribution is 2.38. The van der Waals surface area contributed by atoms with E-state index in [-0.39, 0.29) is 11.7 Å². The van der Waals surface area contributed by atoms with Gasteiger partial charge in [-0.25, -0.2) is 4.39 Å². The van der Waals surface area contributed by atoms with Gasteiger partial charge in [-0.15, -0.1) is 0 Å². The van der Waals surface area contributed by atoms with E-state index in [4.69, 9.17) is 9.47 Å². The lowest BCUT2D eigenvalue weighted by molar-refractivity contribution is -0.236. The summed E-state index contributed by atoms with van der Waals surface area (Å²) in [7, 11) is 0. The molecule has 0 aliphatic heterocycles. The van der Waals surface area contributed by atoms with Crippen molar-refractivity contribution in [3.05, 3.63) is 59.9 Å². The van der Waals surface area contributed by atoms with Crippen LogP contribution in [-0.4, -0.2) is 19.0 Å². The van der Waals surface area contributed by atoms with Crippen molar-refractivity contribution in [2.75, 3.05) is 13.2 Å². The van der Waals surface area contributed by atoms with Crippen LogP contribution < -0.4 is 0 Å². The average Bonchev–Trinajstić information content (AvgIpc) is 2.74. The number of unbranched alkanes of at least 4 members (excludes halogenated alkanes) is 5. The van der Waals surface area contributed by atoms with Gasteiger partial charge in [-0.05, 0) is 56.0 Å². The molecule has 0 N–H and O–H groups in total. The zero-order valence-electron chi connectivity index (χ0n) is 19.3. The first-order valence-corrected chi connectivity index (χ1v) is 11.7. The molecule has 1 atom stereocenters. The van der Waals surface area contributed by atoms with Crippen molar-refractivity contribution < 1.29 is 13.9 Å². The Bertz CT molecular complexity index is 703. The summed E-state index contributed by atoms with van der Waals surface area (Å²) in [6.07, 6.45) is 8.67. The molecule has 0 amide bonds. The Balaban J connectivity index is 2.18. The van der Waals surface area contributed by atoms with E-state index < -0.39 is 5.79 Å². The van der Waals surface area contributed by atoms with Gasteiger partial charge in [0.05, 0.1) is 0 Å². The van der Waals surface area contributed by atoms with Crippen molar-refractivity contribution in [2.45, 2.75) is 84.3 Å². The highest BCUT2D eigenvalue weighted by molar-refractivity contribution is 5.63. The molecule has 0 radical (unpaired) electrons. The van der Waals surface area contributed by atoms with E-state index in [1.54, 1.807) is 0 Å². The Labute approximate surface area is 182 Å². The fraction of sp³-hybridized carbons (Fsp3) is 0.556. The van der Waals surface area contributed by atoms with Crippen molar-refractivity contribution in [3.63, 3.8) is 0 Å². The number of hydrogen-bond acceptors (Lipinski definition) is 2. The van der Waals surface area contributed by atoms with Gasteiger partial charge in [-0.2, -0.15) is 0 Å². The minimum atomic E-state index is -0.635. The maximum atomic E-state index is 13.2. The monoisotopic (exact) mass is 414 g/mol. The van der Waals surface area contributed by atoms with E-state index in [9.17, 15) is 4.39 Å². The summed E-state index contributed by atoms with van der Waals surface area (Å²) in [5.41, 5.74) is 3.35. The molecule has 0 aliphatic carbocycles. The first-order chi connectivity index (χ1) is 14.5. The van der Waals surface area contributed by atoms with Crippen LogP contribution in [0.4, 0.5) is 4.39 Å². The van der Waals surface area contributed by atoms with Crippen LogP contribution in [0.25, 0.3) is 11.1 Å². The second-order valence-corrected chi connectivity index (χ2v) is 8.12. The van der Waals surface area contributed by atoms with Crippen molar-refractivity contribution in [1.82, 2.24) is 0 Å². The van der Waals surface area contributed by atoms with Crippen LogP contribution in [0.1, 0.15) is 84.1 Å². The molecule has 30 heavy (non-hydrogen) atoms. The normalized spacial score (nSPS) is 12.8. The van der Waals surface area contributed by atoms with E-state index in [1.807, 2.05) is 26.0 Å². The molecule has 0 saturated heterocycles. The van der Waals surface area contributed by atoms with E-state index in [0.29, 0.717) is 13.2 Å². The van der Waals surface area contributed by atoms with Gasteiger partial charge in [0, 0.05) is 19.1 Å². The quantitative estimate of drug-likeness (QED) is 0.229. The van der Waals surface area contributed by atoms with Gasteiger partial charge in [0.2, 0.25) is 0 Å². The Hall–Kier alpha value is -1.71. The van der Waals surface area contributed by atoms with Crippen molar-refractivity contribution >= 4 is 0 Å². The van der Waals surface area contributed by atoms with Crippen LogP contribution in [0.15, 0.2) is 48.5 Å². The molecule has 2 aromatic carbocycles. The summed E-state index contributed by atoms with van der Waals surface area (Å²) >= 11 is 0. The third-order valence-electron chi connectivity index (χ3n) is 5.83. The number of hydrogen-bond donors (Lipinski definition) is 0. The van der Waals surface area contributed by atoms with Crippen LogP contribution >= 0.6 is 0 Å². The Morgan fingerprint density at radius 2 is 1.23 bits per heavy atom. The second kappa shape index (κ2) is 12.9. The predicted octanol–water partition coefficient (Wildman–Crippen LogP) is 8.12. The summed E-state index contributed by atoms with van der Waals surface area (Å²) in [5.74, 6) is -0.672. The molecule has 2 aromatic rings. The highest BCUT2D eigenvalue weighted by Gasteiger charge is 2.36. The van der Waals surface area contributed by atoms with E-state index in [1.165, 1.54) is 56.2 Å². The molecule has 0 aliphatic rings. The molecule has 0 fully saturated rings. The molecule has 0 aromatic heterocycles. The summed E-state index contributed by atoms with van der Waals surface area (Å²) in [6, 6.07) is 15.3. The van der Waals surface area contributed by atoms with E-state index >= 15 is 0 Å². The van der Waals surface area contributed by atoms with Gasteiger partial charge in [-0.3, -0.25) is 0 Å². The maximum absolute atomic E-state index is 13.2. The first kappa shape index (κ1) is 24.6. The zero-order chi connectivity index (χ0) is 21.8. The third-order valence-corrected chi connectivity index (χ3v) is 5.83. The number of rotatable bonds is 14. The smallest absolute Gasteiger partial charge is 0.172 e. The summed E-state index contributed by atoms with van der Waals surface area (Å²) in [6.45, 7) is 9.62. The first-order valence-electron chi connectivity index (χ1n) is 11.7. The van der Waals surface area contributed by atoms with Gasteiger partial charge in [0.25, 0.3) is 0 Å². The number of ether oxygens (including phenoxy) is 2. The molecule has 0 saturated carbocycles. The van der Waals surface area contributed by atoms with Crippen LogP contribution in [-0.2, 0) is 9.47 Å². The van der Waals surface area contributed by atoms with Crippen molar-refractivity contribution in [2.24, 2.45) is 0 Å². The fourth-order valence-corrected chi connectivity index (χ4v) is 4.23. The van der Waals surface area contributed by atoms with Gasteiger partial charge in [-0.1, -0.05) is 81.8 Å². The Morgan fingerprint density at radius 3 is 1.77 bits per heavy atom. The van der Waals surface area contributed by atoms with Gasteiger partial charge < -0.3 is 9.47 Å². The molecule has 2 rings (SSSR count). The highest BCUT2D eigenvalue weighted by atomic mass is 19.1. The largest absolute Gasteiger partial charge is 0.350 e. The summed E-state index contributed by atoms with van der Waals surface area (Å²) in [4.78, 5) is 0. The van der Waals surface area contributed by atoms with Gasteiger partial charge >= 0.3 is 0 Å². The third kappa shape index (κ3) is 7.21. The second-order valence-electron chi connectivity index (χ2n) is 8.12. The lowest BCUT2D eigenvalue weighted by Crippen LogP contribution is -2.39. The van der Waals surface area contributed by atoms with Crippen LogP contribution in [0.2, 0.25) is 0 Å². The van der Waals surface area contributed by atoms with Crippen molar-refractivity contribution in [3.8, 4) is 11.1 Å². The van der Waals surface area contributed by atoms with Crippen LogP contribution in [0.3, 0.4) is 0 Å². The lowest BCUT2D eigenvalue weighted by Gasteiger charge is -2.37. The zero-order valence-corrected chi connectivity index (χ0v) is 19.3. The topological polar surface area (TPSA) is 18.5 Å². The number of benzene rings is 2. The van der Waals surface area contributed by atoms with E-state index in [0.717, 1.165) is 17.5 Å². The standard InChI is InChI=1S/C27H39FO2/c1-5-8-9-10-11-12-13-26(27(4,29-6-2)30-7-3)24-16-14-22(15-17-24)23-18-20-25(28)21-19-23/h14-21,26H,5-13H2,1-4H3. The molecule has 166 valence electrons. The lowest BCUT2D eigenvalue weighted by atomic mass is 9.85. The minimum Gasteiger partial charge on any atom is -0.350 e. The van der Waals surface area contributed by atoms with Crippen LogP contribution in [0, 0.1) is 5.82 Å². The average molecular weight is 415 g/mol. The summed E-state index contributed by atoms with van der Waals surface area (Å²) < 4.78 is 25.5. The molecule has 3 heteroatoms. The summed E-state index contributed by atoms with van der Waals surface area (Å²) in [5, 5.41) is 0.